The quantitative estimate of drug-likeness (QED) is 0.248. The van der Waals surface area contributed by atoms with Crippen LogP contribution in [0, 0.1) is 6.92 Å². The normalized spacial score (nSPS) is 11.3. The third-order valence-corrected chi connectivity index (χ3v) is 6.74. The number of hydrogen-bond donors (Lipinski definition) is 2. The highest BCUT2D eigenvalue weighted by atomic mass is 32.1. The fraction of sp³-hybridized carbons (Fsp3) is 0.179. The SMILES string of the molecule is Cc1sc(N(Cc2ccc(C(=O)NCCC(=O)O)cc2)c2ccc(C(F)(F)F)cc2)nc1-c1ccccc1. The zero-order valence-corrected chi connectivity index (χ0v) is 21.1. The van der Waals surface area contributed by atoms with E-state index in [0.717, 1.165) is 33.8 Å². The molecule has 4 rings (SSSR count). The molecule has 10 heteroatoms. The molecule has 0 saturated carbocycles. The summed E-state index contributed by atoms with van der Waals surface area (Å²) in [5, 5.41) is 11.9. The zero-order valence-electron chi connectivity index (χ0n) is 20.3. The van der Waals surface area contributed by atoms with Crippen LogP contribution < -0.4 is 10.2 Å². The second-order valence-corrected chi connectivity index (χ2v) is 9.68. The van der Waals surface area contributed by atoms with Gasteiger partial charge >= 0.3 is 12.1 Å². The topological polar surface area (TPSA) is 82.5 Å². The monoisotopic (exact) mass is 539 g/mol. The first-order valence-corrected chi connectivity index (χ1v) is 12.5. The maximum Gasteiger partial charge on any atom is 0.416 e. The molecule has 0 radical (unpaired) electrons. The standard InChI is InChI=1S/C28H24F3N3O3S/c1-18-25(20-5-3-2-4-6-20)33-27(38-18)34(23-13-11-22(12-14-23)28(29,30)31)17-19-7-9-21(10-8-19)26(37)32-16-15-24(35)36/h2-14H,15-17H2,1H3,(H,32,37)(H,35,36). The number of amides is 1. The number of halogens is 3. The zero-order chi connectivity index (χ0) is 27.3. The highest BCUT2D eigenvalue weighted by Gasteiger charge is 2.30. The summed E-state index contributed by atoms with van der Waals surface area (Å²) >= 11 is 1.44. The molecule has 0 aliphatic rings. The van der Waals surface area contributed by atoms with Gasteiger partial charge in [0.25, 0.3) is 5.91 Å². The van der Waals surface area contributed by atoms with Crippen LogP contribution >= 0.6 is 11.3 Å². The molecule has 0 unspecified atom stereocenters. The number of hydrogen-bond acceptors (Lipinski definition) is 5. The number of rotatable bonds is 9. The van der Waals surface area contributed by atoms with E-state index in [0.29, 0.717) is 22.9 Å². The van der Waals surface area contributed by atoms with E-state index in [9.17, 15) is 22.8 Å². The van der Waals surface area contributed by atoms with Gasteiger partial charge in [-0.25, -0.2) is 4.98 Å². The molecule has 38 heavy (non-hydrogen) atoms. The number of aliphatic carboxylic acids is 1. The first kappa shape index (κ1) is 26.9. The minimum absolute atomic E-state index is 0.0186. The fourth-order valence-corrected chi connectivity index (χ4v) is 4.74. The third-order valence-electron chi connectivity index (χ3n) is 5.75. The molecule has 0 bridgehead atoms. The van der Waals surface area contributed by atoms with Gasteiger partial charge in [0.2, 0.25) is 0 Å². The Morgan fingerprint density at radius 1 is 0.974 bits per heavy atom. The number of carboxylic acids is 1. The maximum absolute atomic E-state index is 13.2. The molecule has 1 heterocycles. The van der Waals surface area contributed by atoms with Crippen molar-refractivity contribution in [2.45, 2.75) is 26.1 Å². The summed E-state index contributed by atoms with van der Waals surface area (Å²) in [6, 6.07) is 21.3. The number of thiazole rings is 1. The Kier molecular flexibility index (Phi) is 8.11. The molecule has 196 valence electrons. The van der Waals surface area contributed by atoms with Crippen LogP contribution in [-0.4, -0.2) is 28.5 Å². The summed E-state index contributed by atoms with van der Waals surface area (Å²) in [4.78, 5) is 30.6. The summed E-state index contributed by atoms with van der Waals surface area (Å²) in [7, 11) is 0. The van der Waals surface area contributed by atoms with Gasteiger partial charge in [-0.1, -0.05) is 42.5 Å². The number of nitrogens with one attached hydrogen (secondary N) is 1. The largest absolute Gasteiger partial charge is 0.481 e. The summed E-state index contributed by atoms with van der Waals surface area (Å²) < 4.78 is 39.5. The predicted octanol–water partition coefficient (Wildman–Crippen LogP) is 6.68. The maximum atomic E-state index is 13.2. The van der Waals surface area contributed by atoms with Crippen molar-refractivity contribution in [2.75, 3.05) is 11.4 Å². The third kappa shape index (κ3) is 6.57. The van der Waals surface area contributed by atoms with Gasteiger partial charge in [0, 0.05) is 28.2 Å². The number of aromatic nitrogens is 1. The lowest BCUT2D eigenvalue weighted by atomic mass is 10.1. The number of anilines is 2. The van der Waals surface area contributed by atoms with E-state index < -0.39 is 17.7 Å². The number of carbonyl (C=O) groups excluding carboxylic acids is 1. The van der Waals surface area contributed by atoms with Crippen LogP contribution in [0.3, 0.4) is 0 Å². The molecule has 2 N–H and O–H groups in total. The Hall–Kier alpha value is -4.18. The average Bonchev–Trinajstić information content (AvgIpc) is 3.28. The summed E-state index contributed by atoms with van der Waals surface area (Å²) in [6.07, 6.45) is -4.62. The van der Waals surface area contributed by atoms with Crippen LogP contribution in [0.15, 0.2) is 78.9 Å². The highest BCUT2D eigenvalue weighted by Crippen LogP contribution is 2.38. The van der Waals surface area contributed by atoms with Crippen LogP contribution in [-0.2, 0) is 17.5 Å². The minimum atomic E-state index is -4.44. The number of carbonyl (C=O) groups is 2. The van der Waals surface area contributed by atoms with Crippen molar-refractivity contribution in [2.24, 2.45) is 0 Å². The number of carboxylic acid groups (broad SMARTS) is 1. The Morgan fingerprint density at radius 2 is 1.63 bits per heavy atom. The van der Waals surface area contributed by atoms with Crippen molar-refractivity contribution in [3.63, 3.8) is 0 Å². The average molecular weight is 540 g/mol. The van der Waals surface area contributed by atoms with Crippen molar-refractivity contribution in [3.05, 3.63) is 100 Å². The van der Waals surface area contributed by atoms with E-state index in [-0.39, 0.29) is 18.9 Å². The van der Waals surface area contributed by atoms with Crippen LogP contribution in [0.2, 0.25) is 0 Å². The second kappa shape index (κ2) is 11.5. The minimum Gasteiger partial charge on any atom is -0.481 e. The smallest absolute Gasteiger partial charge is 0.416 e. The van der Waals surface area contributed by atoms with E-state index >= 15 is 0 Å². The molecule has 6 nitrogen and oxygen atoms in total. The van der Waals surface area contributed by atoms with Crippen molar-refractivity contribution >= 4 is 34.0 Å². The number of alkyl halides is 3. The van der Waals surface area contributed by atoms with E-state index in [1.165, 1.54) is 23.5 Å². The van der Waals surface area contributed by atoms with Crippen LogP contribution in [0.1, 0.15) is 32.8 Å². The van der Waals surface area contributed by atoms with Crippen molar-refractivity contribution < 1.29 is 27.9 Å². The van der Waals surface area contributed by atoms with Gasteiger partial charge in [0.1, 0.15) is 0 Å². The van der Waals surface area contributed by atoms with Crippen molar-refractivity contribution in [1.82, 2.24) is 10.3 Å². The van der Waals surface area contributed by atoms with Crippen molar-refractivity contribution in [3.8, 4) is 11.3 Å². The summed E-state index contributed by atoms with van der Waals surface area (Å²) in [5.41, 5.74) is 2.73. The molecule has 0 aliphatic carbocycles. The molecule has 3 aromatic carbocycles. The van der Waals surface area contributed by atoms with Crippen LogP contribution in [0.4, 0.5) is 24.0 Å². The molecule has 0 aliphatic heterocycles. The highest BCUT2D eigenvalue weighted by molar-refractivity contribution is 7.16. The fourth-order valence-electron chi connectivity index (χ4n) is 3.79. The molecule has 4 aromatic rings. The van der Waals surface area contributed by atoms with Crippen LogP contribution in [0.5, 0.6) is 0 Å². The van der Waals surface area contributed by atoms with E-state index in [2.05, 4.69) is 5.32 Å². The van der Waals surface area contributed by atoms with Crippen molar-refractivity contribution in [1.29, 1.82) is 0 Å². The Labute approximate surface area is 221 Å². The Balaban J connectivity index is 1.62. The number of aryl methyl sites for hydroxylation is 1. The molecular formula is C28H24F3N3O3S. The lowest BCUT2D eigenvalue weighted by molar-refractivity contribution is -0.138. The Morgan fingerprint density at radius 3 is 2.24 bits per heavy atom. The van der Waals surface area contributed by atoms with E-state index in [1.54, 1.807) is 24.3 Å². The molecule has 0 spiro atoms. The predicted molar refractivity (Wildman–Crippen MR) is 141 cm³/mol. The molecule has 1 amide bonds. The summed E-state index contributed by atoms with van der Waals surface area (Å²) in [6.45, 7) is 2.27. The van der Waals surface area contributed by atoms with Gasteiger partial charge in [-0.05, 0) is 48.9 Å². The lowest BCUT2D eigenvalue weighted by Crippen LogP contribution is -2.26. The first-order valence-electron chi connectivity index (χ1n) is 11.7. The van der Waals surface area contributed by atoms with E-state index in [1.807, 2.05) is 42.2 Å². The van der Waals surface area contributed by atoms with Gasteiger partial charge in [-0.2, -0.15) is 13.2 Å². The Bertz CT molecular complexity index is 1400. The molecule has 0 atom stereocenters. The van der Waals surface area contributed by atoms with Gasteiger partial charge < -0.3 is 15.3 Å². The van der Waals surface area contributed by atoms with E-state index in [4.69, 9.17) is 10.1 Å². The molecule has 0 fully saturated rings. The second-order valence-electron chi connectivity index (χ2n) is 8.49. The van der Waals surface area contributed by atoms with Gasteiger partial charge in [0.15, 0.2) is 5.13 Å². The number of nitrogens with zero attached hydrogens (tertiary/aromatic N) is 2. The molecular weight excluding hydrogens is 515 g/mol. The first-order chi connectivity index (χ1) is 18.1. The van der Waals surface area contributed by atoms with Crippen LogP contribution in [0.25, 0.3) is 11.3 Å². The molecule has 1 aromatic heterocycles. The van der Waals surface area contributed by atoms with Gasteiger partial charge in [-0.3, -0.25) is 9.59 Å². The number of benzene rings is 3. The van der Waals surface area contributed by atoms with Gasteiger partial charge in [-0.15, -0.1) is 11.3 Å². The lowest BCUT2D eigenvalue weighted by Gasteiger charge is -2.23. The van der Waals surface area contributed by atoms with Gasteiger partial charge in [0.05, 0.1) is 24.2 Å². The molecule has 0 saturated heterocycles. The summed E-state index contributed by atoms with van der Waals surface area (Å²) in [5.74, 6) is -1.39.